The largest absolute Gasteiger partial charge is 0.354 e. The van der Waals surface area contributed by atoms with Gasteiger partial charge >= 0.3 is 0 Å². The van der Waals surface area contributed by atoms with Crippen LogP contribution < -0.4 is 16.0 Å². The average molecular weight is 430 g/mol. The second kappa shape index (κ2) is 14.6. The molecule has 1 aromatic carbocycles. The van der Waals surface area contributed by atoms with E-state index in [2.05, 4.69) is 22.9 Å². The maximum atomic E-state index is 13.0. The summed E-state index contributed by atoms with van der Waals surface area (Å²) in [5, 5.41) is 8.62. The van der Waals surface area contributed by atoms with Gasteiger partial charge in [0.1, 0.15) is 12.1 Å². The normalized spacial score (nSPS) is 17.3. The molecule has 31 heavy (non-hydrogen) atoms. The minimum Gasteiger partial charge on any atom is -0.354 e. The van der Waals surface area contributed by atoms with Crippen LogP contribution in [-0.4, -0.2) is 36.3 Å². The van der Waals surface area contributed by atoms with Crippen molar-refractivity contribution in [1.29, 1.82) is 0 Å². The van der Waals surface area contributed by atoms with Gasteiger partial charge in [0, 0.05) is 19.4 Å². The van der Waals surface area contributed by atoms with Gasteiger partial charge in [0.15, 0.2) is 0 Å². The van der Waals surface area contributed by atoms with Crippen molar-refractivity contribution >= 4 is 17.7 Å². The van der Waals surface area contributed by atoms with E-state index in [1.807, 2.05) is 30.3 Å². The third-order valence-corrected chi connectivity index (χ3v) is 5.79. The lowest BCUT2D eigenvalue weighted by atomic mass is 10.0. The van der Waals surface area contributed by atoms with Crippen LogP contribution in [0.4, 0.5) is 0 Å². The van der Waals surface area contributed by atoms with Gasteiger partial charge in [-0.2, -0.15) is 0 Å². The van der Waals surface area contributed by atoms with E-state index in [0.717, 1.165) is 37.7 Å². The summed E-state index contributed by atoms with van der Waals surface area (Å²) in [5.74, 6) is -0.535. The Morgan fingerprint density at radius 1 is 1.03 bits per heavy atom. The zero-order valence-corrected chi connectivity index (χ0v) is 19.0. The maximum absolute atomic E-state index is 13.0. The number of carbonyl (C=O) groups is 3. The van der Waals surface area contributed by atoms with Crippen LogP contribution in [0, 0.1) is 0 Å². The summed E-state index contributed by atoms with van der Waals surface area (Å²) in [7, 11) is 0. The number of nitrogens with one attached hydrogen (secondary N) is 3. The van der Waals surface area contributed by atoms with E-state index in [1.165, 1.54) is 25.7 Å². The summed E-state index contributed by atoms with van der Waals surface area (Å²) < 4.78 is 0. The molecule has 1 fully saturated rings. The van der Waals surface area contributed by atoms with Gasteiger partial charge in [0.2, 0.25) is 17.7 Å². The summed E-state index contributed by atoms with van der Waals surface area (Å²) in [4.78, 5) is 37.7. The molecule has 2 atom stereocenters. The van der Waals surface area contributed by atoms with Crippen molar-refractivity contribution in [3.8, 4) is 0 Å². The smallest absolute Gasteiger partial charge is 0.243 e. The minimum atomic E-state index is -0.685. The molecule has 1 saturated heterocycles. The van der Waals surface area contributed by atoms with Crippen LogP contribution >= 0.6 is 0 Å². The highest BCUT2D eigenvalue weighted by Gasteiger charge is 2.27. The van der Waals surface area contributed by atoms with Crippen LogP contribution in [0.5, 0.6) is 0 Å². The lowest BCUT2D eigenvalue weighted by molar-refractivity contribution is -0.132. The van der Waals surface area contributed by atoms with Gasteiger partial charge in [-0.3, -0.25) is 14.4 Å². The van der Waals surface area contributed by atoms with Gasteiger partial charge in [-0.05, 0) is 31.2 Å². The molecule has 1 aliphatic heterocycles. The van der Waals surface area contributed by atoms with Crippen LogP contribution in [0.3, 0.4) is 0 Å². The maximum Gasteiger partial charge on any atom is 0.243 e. The first kappa shape index (κ1) is 24.9. The third-order valence-electron chi connectivity index (χ3n) is 5.79. The summed E-state index contributed by atoms with van der Waals surface area (Å²) in [5.41, 5.74) is 0.976. The Balaban J connectivity index is 1.87. The molecule has 0 spiro atoms. The quantitative estimate of drug-likeness (QED) is 0.418. The summed E-state index contributed by atoms with van der Waals surface area (Å²) in [6.07, 6.45) is 11.3. The Hall–Kier alpha value is -2.37. The van der Waals surface area contributed by atoms with Gasteiger partial charge in [-0.1, -0.05) is 75.8 Å². The molecule has 0 bridgehead atoms. The van der Waals surface area contributed by atoms with Gasteiger partial charge in [0.05, 0.1) is 0 Å². The van der Waals surface area contributed by atoms with Crippen LogP contribution in [0.25, 0.3) is 0 Å². The standard InChI is InChI=1S/C25H39N3O3/c1-2-3-4-5-6-7-11-17-23(29)27-22(19-20-14-9-8-10-15-20)25(31)28-21-16-12-13-18-26-24(21)30/h8-10,14-15,21-22H,2-7,11-13,16-19H2,1H3,(H,26,30)(H,27,29)(H,28,31). The van der Waals surface area contributed by atoms with Crippen molar-refractivity contribution in [2.24, 2.45) is 0 Å². The van der Waals surface area contributed by atoms with Crippen LogP contribution in [0.15, 0.2) is 30.3 Å². The number of hydrogen-bond acceptors (Lipinski definition) is 3. The van der Waals surface area contributed by atoms with Gasteiger partial charge in [-0.15, -0.1) is 0 Å². The molecule has 0 aliphatic carbocycles. The van der Waals surface area contributed by atoms with E-state index in [9.17, 15) is 14.4 Å². The van der Waals surface area contributed by atoms with Crippen LogP contribution in [-0.2, 0) is 20.8 Å². The fourth-order valence-corrected chi connectivity index (χ4v) is 3.92. The Kier molecular flexibility index (Phi) is 11.7. The predicted octanol–water partition coefficient (Wildman–Crippen LogP) is 3.64. The lowest BCUT2D eigenvalue weighted by Crippen LogP contribution is -2.53. The molecular weight excluding hydrogens is 390 g/mol. The molecule has 3 amide bonds. The molecular formula is C25H39N3O3. The number of unbranched alkanes of at least 4 members (excludes halogenated alkanes) is 6. The van der Waals surface area contributed by atoms with Crippen molar-refractivity contribution in [3.63, 3.8) is 0 Å². The molecule has 3 N–H and O–H groups in total. The lowest BCUT2D eigenvalue weighted by Gasteiger charge is -2.22. The Morgan fingerprint density at radius 3 is 2.48 bits per heavy atom. The molecule has 1 aromatic rings. The highest BCUT2D eigenvalue weighted by molar-refractivity contribution is 5.92. The van der Waals surface area contributed by atoms with Crippen molar-refractivity contribution in [2.45, 2.75) is 96.1 Å². The molecule has 172 valence electrons. The summed E-state index contributed by atoms with van der Waals surface area (Å²) in [6, 6.07) is 8.44. The number of amides is 3. The minimum absolute atomic E-state index is 0.102. The van der Waals surface area contributed by atoms with Gasteiger partial charge in [0.25, 0.3) is 0 Å². The van der Waals surface area contributed by atoms with E-state index < -0.39 is 12.1 Å². The van der Waals surface area contributed by atoms with E-state index in [-0.39, 0.29) is 17.7 Å². The van der Waals surface area contributed by atoms with E-state index in [0.29, 0.717) is 25.8 Å². The molecule has 0 aromatic heterocycles. The molecule has 0 radical (unpaired) electrons. The van der Waals surface area contributed by atoms with Crippen LogP contribution in [0.1, 0.15) is 83.1 Å². The first-order valence-electron chi connectivity index (χ1n) is 12.0. The third kappa shape index (κ3) is 9.99. The molecule has 2 unspecified atom stereocenters. The zero-order chi connectivity index (χ0) is 22.3. The first-order valence-corrected chi connectivity index (χ1v) is 12.0. The SMILES string of the molecule is CCCCCCCCCC(=O)NC(Cc1ccccc1)C(=O)NC1CCCCNC1=O. The van der Waals surface area contributed by atoms with Gasteiger partial charge in [-0.25, -0.2) is 0 Å². The molecule has 1 aliphatic rings. The summed E-state index contributed by atoms with van der Waals surface area (Å²) in [6.45, 7) is 2.85. The van der Waals surface area contributed by atoms with Crippen molar-refractivity contribution in [1.82, 2.24) is 16.0 Å². The van der Waals surface area contributed by atoms with Crippen molar-refractivity contribution in [2.75, 3.05) is 6.54 Å². The number of benzene rings is 1. The monoisotopic (exact) mass is 429 g/mol. The molecule has 6 nitrogen and oxygen atoms in total. The fraction of sp³-hybridized carbons (Fsp3) is 0.640. The van der Waals surface area contributed by atoms with Gasteiger partial charge < -0.3 is 16.0 Å². The van der Waals surface area contributed by atoms with E-state index >= 15 is 0 Å². The van der Waals surface area contributed by atoms with E-state index in [4.69, 9.17) is 0 Å². The average Bonchev–Trinajstić information content (AvgIpc) is 2.97. The Morgan fingerprint density at radius 2 is 1.74 bits per heavy atom. The Bertz CT molecular complexity index is 678. The second-order valence-electron chi connectivity index (χ2n) is 8.53. The highest BCUT2D eigenvalue weighted by atomic mass is 16.2. The van der Waals surface area contributed by atoms with Crippen molar-refractivity contribution in [3.05, 3.63) is 35.9 Å². The fourth-order valence-electron chi connectivity index (χ4n) is 3.92. The molecule has 0 saturated carbocycles. The number of carbonyl (C=O) groups excluding carboxylic acids is 3. The highest BCUT2D eigenvalue weighted by Crippen LogP contribution is 2.10. The van der Waals surface area contributed by atoms with E-state index in [1.54, 1.807) is 0 Å². The van der Waals surface area contributed by atoms with Crippen molar-refractivity contribution < 1.29 is 14.4 Å². The second-order valence-corrected chi connectivity index (χ2v) is 8.53. The first-order chi connectivity index (χ1) is 15.1. The molecule has 1 heterocycles. The summed E-state index contributed by atoms with van der Waals surface area (Å²) >= 11 is 0. The zero-order valence-electron chi connectivity index (χ0n) is 19.0. The Labute approximate surface area is 186 Å². The topological polar surface area (TPSA) is 87.3 Å². The number of rotatable bonds is 13. The molecule has 2 rings (SSSR count). The molecule has 6 heteroatoms. The number of hydrogen-bond donors (Lipinski definition) is 3. The van der Waals surface area contributed by atoms with Crippen LogP contribution in [0.2, 0.25) is 0 Å². The predicted molar refractivity (Wildman–Crippen MR) is 123 cm³/mol.